The third-order valence-electron chi connectivity index (χ3n) is 3.62. The third-order valence-corrected chi connectivity index (χ3v) is 4.33. The molecule has 5 nitrogen and oxygen atoms in total. The maximum Gasteiger partial charge on any atom is 0.387 e. The van der Waals surface area contributed by atoms with Crippen LogP contribution in [0.25, 0.3) is 0 Å². The topological polar surface area (TPSA) is 56.2 Å². The van der Waals surface area contributed by atoms with Gasteiger partial charge in [-0.05, 0) is 24.3 Å². The van der Waals surface area contributed by atoms with Crippen LogP contribution in [0.3, 0.4) is 0 Å². The summed E-state index contributed by atoms with van der Waals surface area (Å²) in [7, 11) is 0. The normalized spacial score (nSPS) is 10.9. The minimum absolute atomic E-state index is 0.0142. The zero-order valence-corrected chi connectivity index (χ0v) is 15.2. The molecule has 9 heteroatoms. The van der Waals surface area contributed by atoms with E-state index in [-0.39, 0.29) is 11.3 Å². The average Bonchev–Trinajstić information content (AvgIpc) is 3.05. The SMILES string of the molecule is O=C(Nc1cnn(Cc2c(Cl)cccc2Cl)c1)c1ccccc1OC(F)F. The van der Waals surface area contributed by atoms with Gasteiger partial charge in [-0.1, -0.05) is 41.4 Å². The largest absolute Gasteiger partial charge is 0.434 e. The van der Waals surface area contributed by atoms with Crippen molar-refractivity contribution >= 4 is 34.8 Å². The molecule has 0 radical (unpaired) electrons. The molecule has 0 atom stereocenters. The zero-order valence-electron chi connectivity index (χ0n) is 13.7. The number of aromatic nitrogens is 2. The highest BCUT2D eigenvalue weighted by Crippen LogP contribution is 2.25. The van der Waals surface area contributed by atoms with Crippen LogP contribution in [-0.4, -0.2) is 22.3 Å². The van der Waals surface area contributed by atoms with E-state index in [2.05, 4.69) is 15.2 Å². The van der Waals surface area contributed by atoms with E-state index in [0.29, 0.717) is 27.8 Å². The Morgan fingerprint density at radius 3 is 2.56 bits per heavy atom. The lowest BCUT2D eigenvalue weighted by molar-refractivity contribution is -0.0501. The summed E-state index contributed by atoms with van der Waals surface area (Å²) in [6.45, 7) is -2.72. The fourth-order valence-corrected chi connectivity index (χ4v) is 2.93. The molecule has 0 aliphatic carbocycles. The summed E-state index contributed by atoms with van der Waals surface area (Å²) in [6.07, 6.45) is 3.01. The van der Waals surface area contributed by atoms with Crippen molar-refractivity contribution in [2.45, 2.75) is 13.2 Å². The van der Waals surface area contributed by atoms with Crippen molar-refractivity contribution in [2.24, 2.45) is 0 Å². The van der Waals surface area contributed by atoms with Crippen LogP contribution in [0, 0.1) is 0 Å². The van der Waals surface area contributed by atoms with E-state index in [1.54, 1.807) is 35.1 Å². The molecule has 0 saturated heterocycles. The highest BCUT2D eigenvalue weighted by molar-refractivity contribution is 6.35. The van der Waals surface area contributed by atoms with E-state index in [1.165, 1.54) is 24.4 Å². The molecule has 0 bridgehead atoms. The number of ether oxygens (including phenoxy) is 1. The Kier molecular flexibility index (Phi) is 5.93. The van der Waals surface area contributed by atoms with E-state index in [4.69, 9.17) is 23.2 Å². The molecule has 27 heavy (non-hydrogen) atoms. The molecule has 3 rings (SSSR count). The Morgan fingerprint density at radius 2 is 1.85 bits per heavy atom. The Labute approximate surface area is 163 Å². The molecular formula is C18H13Cl2F2N3O2. The quantitative estimate of drug-likeness (QED) is 0.614. The number of alkyl halides is 2. The fraction of sp³-hybridized carbons (Fsp3) is 0.111. The standard InChI is InChI=1S/C18H13Cl2F2N3O2/c19-14-5-3-6-15(20)13(14)10-25-9-11(8-23-25)24-17(26)12-4-1-2-7-16(12)27-18(21)22/h1-9,18H,10H2,(H,24,26). The van der Waals surface area contributed by atoms with Gasteiger partial charge in [-0.25, -0.2) is 0 Å². The Balaban J connectivity index is 1.74. The van der Waals surface area contributed by atoms with Crippen molar-refractivity contribution in [2.75, 3.05) is 5.32 Å². The van der Waals surface area contributed by atoms with Gasteiger partial charge in [-0.15, -0.1) is 0 Å². The second-order valence-electron chi connectivity index (χ2n) is 5.46. The number of nitrogens with zero attached hydrogens (tertiary/aromatic N) is 2. The molecular weight excluding hydrogens is 399 g/mol. The predicted molar refractivity (Wildman–Crippen MR) is 98.8 cm³/mol. The van der Waals surface area contributed by atoms with E-state index in [9.17, 15) is 13.6 Å². The van der Waals surface area contributed by atoms with E-state index in [0.717, 1.165) is 0 Å². The van der Waals surface area contributed by atoms with Crippen molar-refractivity contribution in [3.8, 4) is 5.75 Å². The lowest BCUT2D eigenvalue weighted by Gasteiger charge is -2.10. The average molecular weight is 412 g/mol. The van der Waals surface area contributed by atoms with Crippen LogP contribution >= 0.6 is 23.2 Å². The molecule has 0 spiro atoms. The van der Waals surface area contributed by atoms with Gasteiger partial charge in [-0.2, -0.15) is 13.9 Å². The first-order valence-electron chi connectivity index (χ1n) is 7.74. The first kappa shape index (κ1) is 19.1. The highest BCUT2D eigenvalue weighted by atomic mass is 35.5. The number of benzene rings is 2. The summed E-state index contributed by atoms with van der Waals surface area (Å²) in [5.41, 5.74) is 1.06. The predicted octanol–water partition coefficient (Wildman–Crippen LogP) is 5.09. The van der Waals surface area contributed by atoms with Crippen LogP contribution in [0.2, 0.25) is 10.0 Å². The maximum atomic E-state index is 12.5. The number of anilines is 1. The van der Waals surface area contributed by atoms with Crippen molar-refractivity contribution in [3.63, 3.8) is 0 Å². The number of amides is 1. The molecule has 0 aliphatic rings. The van der Waals surface area contributed by atoms with Gasteiger partial charge in [0.05, 0.1) is 24.0 Å². The van der Waals surface area contributed by atoms with Gasteiger partial charge in [0.1, 0.15) is 5.75 Å². The first-order valence-corrected chi connectivity index (χ1v) is 8.50. The number of hydrogen-bond acceptors (Lipinski definition) is 3. The van der Waals surface area contributed by atoms with Crippen LogP contribution in [0.1, 0.15) is 15.9 Å². The lowest BCUT2D eigenvalue weighted by Crippen LogP contribution is -2.14. The molecule has 0 unspecified atom stereocenters. The van der Waals surface area contributed by atoms with Crippen molar-refractivity contribution in [3.05, 3.63) is 76.0 Å². The fourth-order valence-electron chi connectivity index (χ4n) is 2.41. The molecule has 0 aliphatic heterocycles. The molecule has 1 heterocycles. The third kappa shape index (κ3) is 4.75. The second-order valence-corrected chi connectivity index (χ2v) is 6.27. The van der Waals surface area contributed by atoms with Gasteiger partial charge in [-0.3, -0.25) is 9.48 Å². The van der Waals surface area contributed by atoms with Gasteiger partial charge in [0.25, 0.3) is 5.91 Å². The molecule has 3 aromatic rings. The molecule has 1 amide bonds. The maximum absolute atomic E-state index is 12.5. The molecule has 140 valence electrons. The van der Waals surface area contributed by atoms with Crippen LogP contribution in [0.5, 0.6) is 5.75 Å². The van der Waals surface area contributed by atoms with Crippen LogP contribution in [-0.2, 0) is 6.54 Å². The summed E-state index contributed by atoms with van der Waals surface area (Å²) in [6, 6.07) is 10.9. The van der Waals surface area contributed by atoms with Gasteiger partial charge >= 0.3 is 6.61 Å². The lowest BCUT2D eigenvalue weighted by atomic mass is 10.2. The van der Waals surface area contributed by atoms with Crippen molar-refractivity contribution < 1.29 is 18.3 Å². The second kappa shape index (κ2) is 8.37. The minimum Gasteiger partial charge on any atom is -0.434 e. The summed E-state index contributed by atoms with van der Waals surface area (Å²) < 4.78 is 30.9. The summed E-state index contributed by atoms with van der Waals surface area (Å²) >= 11 is 12.3. The van der Waals surface area contributed by atoms with Crippen LogP contribution in [0.15, 0.2) is 54.9 Å². The number of carbonyl (C=O) groups excluding carboxylic acids is 1. The number of hydrogen-bond donors (Lipinski definition) is 1. The highest BCUT2D eigenvalue weighted by Gasteiger charge is 2.16. The molecule has 0 saturated carbocycles. The Hall–Kier alpha value is -2.64. The number of halogens is 4. The molecule has 1 N–H and O–H groups in total. The molecule has 2 aromatic carbocycles. The van der Waals surface area contributed by atoms with Crippen LogP contribution < -0.4 is 10.1 Å². The number of rotatable bonds is 6. The van der Waals surface area contributed by atoms with Crippen LogP contribution in [0.4, 0.5) is 14.5 Å². The van der Waals surface area contributed by atoms with E-state index in [1.807, 2.05) is 0 Å². The summed E-state index contributed by atoms with van der Waals surface area (Å²) in [4.78, 5) is 12.4. The Bertz CT molecular complexity index is 943. The molecule has 0 fully saturated rings. The minimum atomic E-state index is -3.03. The van der Waals surface area contributed by atoms with Gasteiger partial charge in [0.2, 0.25) is 0 Å². The summed E-state index contributed by atoms with van der Waals surface area (Å²) in [5.74, 6) is -0.804. The zero-order chi connectivity index (χ0) is 19.4. The van der Waals surface area contributed by atoms with Gasteiger partial charge in [0, 0.05) is 21.8 Å². The monoisotopic (exact) mass is 411 g/mol. The van der Waals surface area contributed by atoms with E-state index < -0.39 is 12.5 Å². The summed E-state index contributed by atoms with van der Waals surface area (Å²) in [5, 5.41) is 7.74. The number of para-hydroxylation sites is 1. The smallest absolute Gasteiger partial charge is 0.387 e. The number of nitrogens with one attached hydrogen (secondary N) is 1. The number of carbonyl (C=O) groups is 1. The van der Waals surface area contributed by atoms with Gasteiger partial charge in [0.15, 0.2) is 0 Å². The van der Waals surface area contributed by atoms with Gasteiger partial charge < -0.3 is 10.1 Å². The van der Waals surface area contributed by atoms with E-state index >= 15 is 0 Å². The molecule has 1 aromatic heterocycles. The Morgan fingerprint density at radius 1 is 1.15 bits per heavy atom. The van der Waals surface area contributed by atoms with Crippen molar-refractivity contribution in [1.29, 1.82) is 0 Å². The first-order chi connectivity index (χ1) is 12.9. The van der Waals surface area contributed by atoms with Crippen molar-refractivity contribution in [1.82, 2.24) is 9.78 Å².